The Balaban J connectivity index is 5.16. The van der Waals surface area contributed by atoms with E-state index in [1.54, 1.807) is 0 Å². The fraction of sp³-hybridized carbons (Fsp3) is 0.778. The molecule has 0 aromatic rings. The lowest BCUT2D eigenvalue weighted by Crippen LogP contribution is -2.47. The van der Waals surface area contributed by atoms with Crippen LogP contribution in [-0.2, 0) is 27.9 Å². The first kappa shape index (κ1) is 79.2. The van der Waals surface area contributed by atoms with Crippen molar-refractivity contribution in [1.82, 2.24) is 5.32 Å². The van der Waals surface area contributed by atoms with Crippen molar-refractivity contribution in [3.05, 3.63) is 85.1 Å². The molecule has 476 valence electrons. The molecule has 1 N–H and O–H groups in total. The number of phosphoric ester groups is 1. The van der Waals surface area contributed by atoms with Gasteiger partial charge >= 0.3 is 5.97 Å². The average Bonchev–Trinajstić information content (AvgIpc) is 3.44. The number of quaternary nitrogens is 1. The van der Waals surface area contributed by atoms with E-state index in [0.29, 0.717) is 17.4 Å². The summed E-state index contributed by atoms with van der Waals surface area (Å²) in [5.74, 6) is -0.551. The van der Waals surface area contributed by atoms with E-state index in [2.05, 4.69) is 99.0 Å². The van der Waals surface area contributed by atoms with Gasteiger partial charge in [0, 0.05) is 12.8 Å². The Morgan fingerprint density at radius 2 is 0.744 bits per heavy atom. The van der Waals surface area contributed by atoms with Gasteiger partial charge in [0.05, 0.1) is 33.8 Å². The molecule has 0 aromatic heterocycles. The number of ether oxygens (including phenoxy) is 1. The summed E-state index contributed by atoms with van der Waals surface area (Å²) >= 11 is 0. The highest BCUT2D eigenvalue weighted by atomic mass is 31.2. The SMILES string of the molecule is CCCCC/C=C\C/C=C\C/C=C\C/C=C\CCCCCCCCCC(=O)OC(/C=C/CCCCCCCCCCCC)C(COP(=O)([O-])OCC[N+](C)(C)C)NC(=O)CCCCCCCCCCCCC/C=C\C/C=C\CCCCC. The average molecular weight is 1170 g/mol. The van der Waals surface area contributed by atoms with Gasteiger partial charge in [-0.25, -0.2) is 0 Å². The van der Waals surface area contributed by atoms with E-state index >= 15 is 0 Å². The fourth-order valence-corrected chi connectivity index (χ4v) is 10.4. The van der Waals surface area contributed by atoms with Gasteiger partial charge in [-0.05, 0) is 109 Å². The number of allylic oxidation sites excluding steroid dienone is 13. The minimum atomic E-state index is -4.71. The van der Waals surface area contributed by atoms with Gasteiger partial charge in [0.15, 0.2) is 0 Å². The summed E-state index contributed by atoms with van der Waals surface area (Å²) < 4.78 is 30.4. The Kier molecular flexibility index (Phi) is 59.2. The number of amides is 1. The molecule has 0 aromatic carbocycles. The third-order valence-corrected chi connectivity index (χ3v) is 16.0. The van der Waals surface area contributed by atoms with Gasteiger partial charge in [-0.3, -0.25) is 14.2 Å². The van der Waals surface area contributed by atoms with Gasteiger partial charge in [-0.2, -0.15) is 0 Å². The topological polar surface area (TPSA) is 114 Å². The Morgan fingerprint density at radius 3 is 1.13 bits per heavy atom. The first-order chi connectivity index (χ1) is 39.9. The van der Waals surface area contributed by atoms with Crippen LogP contribution in [0.25, 0.3) is 0 Å². The number of nitrogens with zero attached hydrogens (tertiary/aromatic N) is 1. The Bertz CT molecular complexity index is 1680. The molecular formula is C72H131N2O7P. The van der Waals surface area contributed by atoms with Gasteiger partial charge in [0.25, 0.3) is 7.82 Å². The summed E-state index contributed by atoms with van der Waals surface area (Å²) in [7, 11) is 1.17. The molecule has 0 heterocycles. The molecule has 0 fully saturated rings. The van der Waals surface area contributed by atoms with Crippen LogP contribution in [0.2, 0.25) is 0 Å². The lowest BCUT2D eigenvalue weighted by Gasteiger charge is -2.30. The van der Waals surface area contributed by atoms with E-state index in [-0.39, 0.29) is 24.9 Å². The zero-order valence-corrected chi connectivity index (χ0v) is 55.3. The summed E-state index contributed by atoms with van der Waals surface area (Å²) in [6.07, 6.45) is 81.2. The van der Waals surface area contributed by atoms with E-state index in [1.165, 1.54) is 173 Å². The van der Waals surface area contributed by atoms with Crippen molar-refractivity contribution in [2.24, 2.45) is 0 Å². The molecule has 9 nitrogen and oxygen atoms in total. The number of carbonyl (C=O) groups is 2. The highest BCUT2D eigenvalue weighted by molar-refractivity contribution is 7.45. The van der Waals surface area contributed by atoms with E-state index in [0.717, 1.165) is 103 Å². The van der Waals surface area contributed by atoms with Crippen LogP contribution in [0.1, 0.15) is 310 Å². The smallest absolute Gasteiger partial charge is 0.306 e. The summed E-state index contributed by atoms with van der Waals surface area (Å²) in [4.78, 5) is 40.1. The highest BCUT2D eigenvalue weighted by Crippen LogP contribution is 2.38. The van der Waals surface area contributed by atoms with Crippen LogP contribution >= 0.6 is 7.82 Å². The van der Waals surface area contributed by atoms with Gasteiger partial charge in [-0.1, -0.05) is 273 Å². The molecule has 3 atom stereocenters. The number of unbranched alkanes of at least 4 members (excludes halogenated alkanes) is 34. The molecule has 3 unspecified atom stereocenters. The maximum atomic E-state index is 13.6. The largest absolute Gasteiger partial charge is 0.756 e. The van der Waals surface area contributed by atoms with Crippen molar-refractivity contribution in [1.29, 1.82) is 0 Å². The molecule has 0 aliphatic carbocycles. The molecule has 10 heteroatoms. The Hall–Kier alpha value is -2.81. The van der Waals surface area contributed by atoms with Crippen molar-refractivity contribution in [3.63, 3.8) is 0 Å². The van der Waals surface area contributed by atoms with Gasteiger partial charge in [-0.15, -0.1) is 0 Å². The van der Waals surface area contributed by atoms with Gasteiger partial charge in [0.1, 0.15) is 19.3 Å². The van der Waals surface area contributed by atoms with Crippen molar-refractivity contribution in [3.8, 4) is 0 Å². The minimum Gasteiger partial charge on any atom is -0.756 e. The first-order valence-corrected chi connectivity index (χ1v) is 35.9. The first-order valence-electron chi connectivity index (χ1n) is 34.4. The standard InChI is InChI=1S/C72H131N2O7P/c1-7-10-13-16-19-22-25-28-30-32-34-36-37-39-41-43-45-47-50-53-56-59-62-65-72(76)81-70(63-60-57-54-51-48-27-24-21-18-15-12-9-3)69(68-80-82(77,78)79-67-66-74(4,5)6)73-71(75)64-61-58-55-52-49-46-44-42-40-38-35-33-31-29-26-23-20-17-14-11-8-2/h19-20,22-23,28-31,34,36,39,41,60,63,69-70H,7-18,21,24-27,32-33,35,37-38,40,42-59,61-62,64-68H2,1-6H3,(H-,73,75,77,78)/b22-19-,23-20-,30-28-,31-29-,36-34-,41-39-,63-60+. The molecule has 0 saturated heterocycles. The minimum absolute atomic E-state index is 0.0273. The van der Waals surface area contributed by atoms with Crippen LogP contribution < -0.4 is 10.2 Å². The number of rotatable bonds is 62. The van der Waals surface area contributed by atoms with E-state index in [1.807, 2.05) is 33.3 Å². The van der Waals surface area contributed by atoms with E-state index in [9.17, 15) is 19.0 Å². The third kappa shape index (κ3) is 61.7. The van der Waals surface area contributed by atoms with E-state index in [4.69, 9.17) is 13.8 Å². The maximum Gasteiger partial charge on any atom is 0.306 e. The Labute approximate surface area is 507 Å². The third-order valence-electron chi connectivity index (χ3n) is 15.0. The summed E-state index contributed by atoms with van der Waals surface area (Å²) in [5.41, 5.74) is 0. The zero-order valence-electron chi connectivity index (χ0n) is 54.4. The Morgan fingerprint density at radius 1 is 0.427 bits per heavy atom. The monoisotopic (exact) mass is 1170 g/mol. The maximum absolute atomic E-state index is 13.6. The highest BCUT2D eigenvalue weighted by Gasteiger charge is 2.27. The number of hydrogen-bond donors (Lipinski definition) is 1. The molecule has 0 aliphatic heterocycles. The number of hydrogen-bond acceptors (Lipinski definition) is 7. The number of esters is 1. The van der Waals surface area contributed by atoms with Crippen molar-refractivity contribution in [2.75, 3.05) is 40.9 Å². The van der Waals surface area contributed by atoms with Crippen LogP contribution in [0, 0.1) is 0 Å². The van der Waals surface area contributed by atoms with Crippen LogP contribution in [0.5, 0.6) is 0 Å². The van der Waals surface area contributed by atoms with E-state index < -0.39 is 26.6 Å². The molecule has 0 aliphatic rings. The molecular weight excluding hydrogens is 1040 g/mol. The number of carbonyl (C=O) groups excluding carboxylic acids is 2. The van der Waals surface area contributed by atoms with Crippen molar-refractivity contribution < 1.29 is 37.3 Å². The predicted molar refractivity (Wildman–Crippen MR) is 353 cm³/mol. The second kappa shape index (κ2) is 61.3. The molecule has 0 bridgehead atoms. The van der Waals surface area contributed by atoms with Gasteiger partial charge in [0.2, 0.25) is 5.91 Å². The molecule has 82 heavy (non-hydrogen) atoms. The van der Waals surface area contributed by atoms with Crippen LogP contribution in [0.4, 0.5) is 0 Å². The summed E-state index contributed by atoms with van der Waals surface area (Å²) in [6.45, 7) is 6.80. The lowest BCUT2D eigenvalue weighted by molar-refractivity contribution is -0.870. The number of nitrogens with one attached hydrogen (secondary N) is 1. The summed E-state index contributed by atoms with van der Waals surface area (Å²) in [5, 5.41) is 3.04. The molecule has 0 radical (unpaired) electrons. The molecule has 0 saturated carbocycles. The molecule has 0 rings (SSSR count). The number of phosphoric acid groups is 1. The second-order valence-corrected chi connectivity index (χ2v) is 25.7. The summed E-state index contributed by atoms with van der Waals surface area (Å²) in [6, 6.07) is -0.898. The quantitative estimate of drug-likeness (QED) is 0.0212. The van der Waals surface area contributed by atoms with Crippen LogP contribution in [-0.4, -0.2) is 69.4 Å². The zero-order chi connectivity index (χ0) is 60.0. The van der Waals surface area contributed by atoms with Gasteiger partial charge < -0.3 is 28.5 Å². The predicted octanol–water partition coefficient (Wildman–Crippen LogP) is 21.1. The second-order valence-electron chi connectivity index (χ2n) is 24.3. The normalized spacial score (nSPS) is 14.1. The number of likely N-dealkylation sites (N-methyl/N-ethyl adjacent to an activating group) is 1. The van der Waals surface area contributed by atoms with Crippen molar-refractivity contribution in [2.45, 2.75) is 322 Å². The molecule has 0 spiro atoms. The van der Waals surface area contributed by atoms with Crippen LogP contribution in [0.3, 0.4) is 0 Å². The van der Waals surface area contributed by atoms with Crippen LogP contribution in [0.15, 0.2) is 85.1 Å². The lowest BCUT2D eigenvalue weighted by atomic mass is 10.0. The van der Waals surface area contributed by atoms with Crippen molar-refractivity contribution >= 4 is 19.7 Å². The fourth-order valence-electron chi connectivity index (χ4n) is 9.71. The molecule has 1 amide bonds.